The number of nitrogens with one attached hydrogen (secondary N) is 1. The van der Waals surface area contributed by atoms with Crippen LogP contribution in [0.15, 0.2) is 18.5 Å². The minimum Gasteiger partial charge on any atom is -0.409 e. The van der Waals surface area contributed by atoms with Crippen LogP contribution in [0, 0.1) is 0 Å². The lowest BCUT2D eigenvalue weighted by Crippen LogP contribution is -2.40. The molecule has 0 atom stereocenters. The third-order valence-corrected chi connectivity index (χ3v) is 8.19. The van der Waals surface area contributed by atoms with Gasteiger partial charge in [-0.25, -0.2) is 4.98 Å². The monoisotopic (exact) mass is 263 g/mol. The van der Waals surface area contributed by atoms with E-state index in [0.29, 0.717) is 6.61 Å². The molecular formula is C13H21N3OSi. The van der Waals surface area contributed by atoms with Crippen LogP contribution < -0.4 is 0 Å². The molecule has 0 spiro atoms. The van der Waals surface area contributed by atoms with Gasteiger partial charge in [0.05, 0.1) is 23.8 Å². The fourth-order valence-corrected chi connectivity index (χ4v) is 2.37. The lowest BCUT2D eigenvalue weighted by Gasteiger charge is -2.35. The summed E-state index contributed by atoms with van der Waals surface area (Å²) in [5.74, 6) is 0.878. The molecule has 0 bridgehead atoms. The van der Waals surface area contributed by atoms with Gasteiger partial charge in [0.15, 0.2) is 8.32 Å². The van der Waals surface area contributed by atoms with E-state index in [0.717, 1.165) is 16.9 Å². The molecule has 1 N–H and O–H groups in total. The van der Waals surface area contributed by atoms with E-state index in [1.54, 1.807) is 12.4 Å². The third-order valence-electron chi connectivity index (χ3n) is 3.71. The molecule has 2 aromatic rings. The first-order valence-electron chi connectivity index (χ1n) is 6.22. The van der Waals surface area contributed by atoms with Gasteiger partial charge in [-0.3, -0.25) is 4.98 Å². The van der Waals surface area contributed by atoms with Gasteiger partial charge < -0.3 is 9.41 Å². The number of hydrogen-bond donors (Lipinski definition) is 1. The molecule has 0 amide bonds. The maximum atomic E-state index is 6.13. The van der Waals surface area contributed by atoms with Crippen LogP contribution in [-0.4, -0.2) is 23.3 Å². The summed E-state index contributed by atoms with van der Waals surface area (Å²) in [6.07, 6.45) is 3.54. The highest BCUT2D eigenvalue weighted by molar-refractivity contribution is 6.74. The van der Waals surface area contributed by atoms with E-state index >= 15 is 0 Å². The molecule has 0 fully saturated rings. The summed E-state index contributed by atoms with van der Waals surface area (Å²) in [5.41, 5.74) is 1.91. The normalized spacial score (nSPS) is 13.2. The average Bonchev–Trinajstić information content (AvgIpc) is 2.67. The van der Waals surface area contributed by atoms with Gasteiger partial charge in [-0.2, -0.15) is 0 Å². The molecule has 98 valence electrons. The van der Waals surface area contributed by atoms with Gasteiger partial charge in [0.25, 0.3) is 0 Å². The fraction of sp³-hybridized carbons (Fsp3) is 0.538. The van der Waals surface area contributed by atoms with Gasteiger partial charge in [-0.15, -0.1) is 0 Å². The topological polar surface area (TPSA) is 50.8 Å². The number of hydrogen-bond acceptors (Lipinski definition) is 3. The van der Waals surface area contributed by atoms with Gasteiger partial charge >= 0.3 is 0 Å². The zero-order valence-corrected chi connectivity index (χ0v) is 12.7. The Hall–Kier alpha value is -1.20. The van der Waals surface area contributed by atoms with Gasteiger partial charge in [-0.05, 0) is 24.2 Å². The zero-order chi connectivity index (χ0) is 13.4. The van der Waals surface area contributed by atoms with Crippen molar-refractivity contribution in [2.24, 2.45) is 0 Å². The van der Waals surface area contributed by atoms with E-state index in [2.05, 4.69) is 48.8 Å². The Morgan fingerprint density at radius 3 is 2.67 bits per heavy atom. The number of imidazole rings is 1. The predicted octanol–water partition coefficient (Wildman–Crippen LogP) is 3.48. The summed E-state index contributed by atoms with van der Waals surface area (Å²) in [6, 6.07) is 1.90. The SMILES string of the molecule is CC(C)(C)[Si](C)(C)OCc1nc2ccncc2[nH]1. The number of pyridine rings is 1. The number of aromatic nitrogens is 3. The summed E-state index contributed by atoms with van der Waals surface area (Å²) in [6.45, 7) is 11.8. The predicted molar refractivity (Wildman–Crippen MR) is 75.9 cm³/mol. The van der Waals surface area contributed by atoms with Crippen LogP contribution in [0.4, 0.5) is 0 Å². The third kappa shape index (κ3) is 2.62. The van der Waals surface area contributed by atoms with Gasteiger partial charge in [0.2, 0.25) is 0 Å². The molecule has 0 aliphatic carbocycles. The molecule has 0 saturated heterocycles. The summed E-state index contributed by atoms with van der Waals surface area (Å²) >= 11 is 0. The number of aromatic amines is 1. The van der Waals surface area contributed by atoms with Crippen LogP contribution in [0.5, 0.6) is 0 Å². The summed E-state index contributed by atoms with van der Waals surface area (Å²) in [4.78, 5) is 11.8. The summed E-state index contributed by atoms with van der Waals surface area (Å²) in [7, 11) is -1.71. The molecular weight excluding hydrogens is 242 g/mol. The Bertz CT molecular complexity index is 509. The second kappa shape index (κ2) is 4.48. The molecule has 0 radical (unpaired) electrons. The molecule has 0 aliphatic rings. The van der Waals surface area contributed by atoms with Crippen molar-refractivity contribution in [1.29, 1.82) is 0 Å². The summed E-state index contributed by atoms with van der Waals surface area (Å²) < 4.78 is 6.13. The minimum atomic E-state index is -1.71. The van der Waals surface area contributed by atoms with E-state index in [1.165, 1.54) is 0 Å². The zero-order valence-electron chi connectivity index (χ0n) is 11.7. The molecule has 18 heavy (non-hydrogen) atoms. The van der Waals surface area contributed by atoms with Gasteiger partial charge in [0, 0.05) is 6.20 Å². The molecule has 4 nitrogen and oxygen atoms in total. The first-order valence-corrected chi connectivity index (χ1v) is 9.13. The van der Waals surface area contributed by atoms with Crippen LogP contribution in [0.1, 0.15) is 26.6 Å². The second-order valence-corrected chi connectivity index (χ2v) is 10.9. The largest absolute Gasteiger partial charge is 0.409 e. The van der Waals surface area contributed by atoms with E-state index in [-0.39, 0.29) is 5.04 Å². The lowest BCUT2D eigenvalue weighted by molar-refractivity contribution is 0.269. The van der Waals surface area contributed by atoms with Crippen molar-refractivity contribution in [2.45, 2.75) is 45.5 Å². The standard InChI is InChI=1S/C13H21N3OSi/c1-13(2,3)18(4,5)17-9-12-15-10-6-7-14-8-11(10)16-12/h6-8H,9H2,1-5H3,(H,15,16). The van der Waals surface area contributed by atoms with Crippen LogP contribution in [0.2, 0.25) is 18.1 Å². The fourth-order valence-electron chi connectivity index (χ4n) is 1.44. The van der Waals surface area contributed by atoms with Crippen LogP contribution in [0.25, 0.3) is 11.0 Å². The molecule has 2 aromatic heterocycles. The number of rotatable bonds is 3. The van der Waals surface area contributed by atoms with Crippen molar-refractivity contribution in [3.05, 3.63) is 24.3 Å². The van der Waals surface area contributed by atoms with E-state index in [9.17, 15) is 0 Å². The second-order valence-electron chi connectivity index (χ2n) is 6.13. The number of nitrogens with zero attached hydrogens (tertiary/aromatic N) is 2. The van der Waals surface area contributed by atoms with Crippen molar-refractivity contribution in [3.8, 4) is 0 Å². The van der Waals surface area contributed by atoms with Crippen molar-refractivity contribution in [2.75, 3.05) is 0 Å². The smallest absolute Gasteiger partial charge is 0.192 e. The minimum absolute atomic E-state index is 0.223. The lowest BCUT2D eigenvalue weighted by atomic mass is 10.2. The highest BCUT2D eigenvalue weighted by Crippen LogP contribution is 2.36. The Kier molecular flexibility index (Phi) is 3.29. The number of fused-ring (bicyclic) bond motifs is 1. The first kappa shape index (κ1) is 13.2. The van der Waals surface area contributed by atoms with Gasteiger partial charge in [-0.1, -0.05) is 20.8 Å². The van der Waals surface area contributed by atoms with Gasteiger partial charge in [0.1, 0.15) is 5.82 Å². The molecule has 0 aromatic carbocycles. The van der Waals surface area contributed by atoms with Crippen LogP contribution in [0.3, 0.4) is 0 Å². The summed E-state index contributed by atoms with van der Waals surface area (Å²) in [5, 5.41) is 0.223. The molecule has 5 heteroatoms. The van der Waals surface area contributed by atoms with E-state index in [1.807, 2.05) is 6.07 Å². The molecule has 2 heterocycles. The van der Waals surface area contributed by atoms with E-state index in [4.69, 9.17) is 4.43 Å². The van der Waals surface area contributed by atoms with Crippen molar-refractivity contribution < 1.29 is 4.43 Å². The quantitative estimate of drug-likeness (QED) is 0.863. The first-order chi connectivity index (χ1) is 8.29. The molecule has 0 aliphatic heterocycles. The maximum absolute atomic E-state index is 6.13. The van der Waals surface area contributed by atoms with Crippen molar-refractivity contribution >= 4 is 19.4 Å². The van der Waals surface area contributed by atoms with Crippen molar-refractivity contribution in [1.82, 2.24) is 15.0 Å². The molecule has 0 saturated carbocycles. The maximum Gasteiger partial charge on any atom is 0.192 e. The van der Waals surface area contributed by atoms with Crippen molar-refractivity contribution in [3.63, 3.8) is 0 Å². The highest BCUT2D eigenvalue weighted by Gasteiger charge is 2.37. The highest BCUT2D eigenvalue weighted by atomic mass is 28.4. The molecule has 2 rings (SSSR count). The number of H-pyrrole nitrogens is 1. The Balaban J connectivity index is 2.11. The van der Waals surface area contributed by atoms with Crippen LogP contribution in [-0.2, 0) is 11.0 Å². The van der Waals surface area contributed by atoms with Crippen LogP contribution >= 0.6 is 0 Å². The van der Waals surface area contributed by atoms with E-state index < -0.39 is 8.32 Å². The Labute approximate surface area is 109 Å². The Morgan fingerprint density at radius 2 is 2.06 bits per heavy atom. The molecule has 0 unspecified atom stereocenters. The Morgan fingerprint density at radius 1 is 1.33 bits per heavy atom. The average molecular weight is 263 g/mol.